The summed E-state index contributed by atoms with van der Waals surface area (Å²) in [6, 6.07) is 12.3. The number of rotatable bonds is 6. The molecule has 1 aliphatic heterocycles. The average molecular weight is 387 g/mol. The molecule has 3 rings (SSSR count). The molecule has 0 unspecified atom stereocenters. The number of nitrogens with zero attached hydrogens (tertiary/aromatic N) is 3. The summed E-state index contributed by atoms with van der Waals surface area (Å²) in [5.41, 5.74) is 0.378. The normalized spacial score (nSPS) is 14.6. The molecule has 1 fully saturated rings. The Bertz CT molecular complexity index is 991. The van der Waals surface area contributed by atoms with E-state index in [1.165, 1.54) is 16.4 Å². The SMILES string of the molecule is N#CCc1ccc(Oc2ccc(S(=O)(=O)N3CCCC3)cc2[N+](=O)[O-])cc1. The van der Waals surface area contributed by atoms with E-state index in [0.29, 0.717) is 18.8 Å². The Hall–Kier alpha value is -2.96. The first kappa shape index (κ1) is 18.8. The van der Waals surface area contributed by atoms with Crippen LogP contribution < -0.4 is 4.74 Å². The van der Waals surface area contributed by atoms with Crippen LogP contribution in [0.1, 0.15) is 18.4 Å². The molecule has 9 heteroatoms. The third-order valence-corrected chi connectivity index (χ3v) is 6.16. The van der Waals surface area contributed by atoms with Crippen molar-refractivity contribution in [3.8, 4) is 17.6 Å². The lowest BCUT2D eigenvalue weighted by Gasteiger charge is -2.16. The van der Waals surface area contributed by atoms with Crippen molar-refractivity contribution in [2.75, 3.05) is 13.1 Å². The molecular weight excluding hydrogens is 370 g/mol. The van der Waals surface area contributed by atoms with Gasteiger partial charge >= 0.3 is 5.69 Å². The van der Waals surface area contributed by atoms with Crippen LogP contribution in [0.5, 0.6) is 11.5 Å². The predicted octanol–water partition coefficient (Wildman–Crippen LogP) is 3.24. The van der Waals surface area contributed by atoms with E-state index in [4.69, 9.17) is 10.00 Å². The molecule has 1 saturated heterocycles. The number of sulfonamides is 1. The number of hydrogen-bond donors (Lipinski definition) is 0. The largest absolute Gasteiger partial charge is 0.450 e. The van der Waals surface area contributed by atoms with Crippen molar-refractivity contribution in [2.24, 2.45) is 0 Å². The highest BCUT2D eigenvalue weighted by atomic mass is 32.2. The quantitative estimate of drug-likeness (QED) is 0.555. The van der Waals surface area contributed by atoms with Crippen molar-refractivity contribution in [1.82, 2.24) is 4.31 Å². The van der Waals surface area contributed by atoms with Gasteiger partial charge in [-0.3, -0.25) is 10.1 Å². The molecule has 0 atom stereocenters. The molecule has 1 heterocycles. The van der Waals surface area contributed by atoms with E-state index in [1.807, 2.05) is 6.07 Å². The molecule has 0 aliphatic carbocycles. The number of hydrogen-bond acceptors (Lipinski definition) is 6. The molecule has 0 radical (unpaired) electrons. The highest BCUT2D eigenvalue weighted by molar-refractivity contribution is 7.89. The van der Waals surface area contributed by atoms with Gasteiger partial charge in [0.1, 0.15) is 5.75 Å². The minimum Gasteiger partial charge on any atom is -0.450 e. The van der Waals surface area contributed by atoms with Crippen LogP contribution in [0, 0.1) is 21.4 Å². The zero-order valence-electron chi connectivity index (χ0n) is 14.4. The molecule has 140 valence electrons. The van der Waals surface area contributed by atoms with Crippen molar-refractivity contribution in [3.63, 3.8) is 0 Å². The lowest BCUT2D eigenvalue weighted by Crippen LogP contribution is -2.27. The number of nitriles is 1. The molecule has 0 amide bonds. The topological polar surface area (TPSA) is 114 Å². The first-order chi connectivity index (χ1) is 12.9. The predicted molar refractivity (Wildman–Crippen MR) is 96.9 cm³/mol. The Balaban J connectivity index is 1.90. The average Bonchev–Trinajstić information content (AvgIpc) is 3.19. The number of benzene rings is 2. The molecule has 2 aromatic carbocycles. The number of nitro benzene ring substituents is 1. The molecule has 8 nitrogen and oxygen atoms in total. The van der Waals surface area contributed by atoms with Gasteiger partial charge in [0, 0.05) is 19.2 Å². The van der Waals surface area contributed by atoms with Gasteiger partial charge in [-0.1, -0.05) is 12.1 Å². The maximum Gasteiger partial charge on any atom is 0.312 e. The van der Waals surface area contributed by atoms with Gasteiger partial charge in [0.15, 0.2) is 0 Å². The van der Waals surface area contributed by atoms with Crippen LogP contribution in [0.15, 0.2) is 47.4 Å². The molecule has 27 heavy (non-hydrogen) atoms. The third kappa shape index (κ3) is 4.07. The van der Waals surface area contributed by atoms with Crippen molar-refractivity contribution in [2.45, 2.75) is 24.2 Å². The van der Waals surface area contributed by atoms with E-state index < -0.39 is 20.6 Å². The van der Waals surface area contributed by atoms with Crippen LogP contribution in [0.3, 0.4) is 0 Å². The third-order valence-electron chi connectivity index (χ3n) is 4.26. The summed E-state index contributed by atoms with van der Waals surface area (Å²) < 4.78 is 32.1. The first-order valence-electron chi connectivity index (χ1n) is 8.34. The summed E-state index contributed by atoms with van der Waals surface area (Å²) in [6.45, 7) is 0.840. The molecule has 0 spiro atoms. The molecular formula is C18H17N3O5S. The second kappa shape index (κ2) is 7.73. The fraction of sp³-hybridized carbons (Fsp3) is 0.278. The van der Waals surface area contributed by atoms with Crippen molar-refractivity contribution >= 4 is 15.7 Å². The Labute approximate surface area is 156 Å². The maximum atomic E-state index is 12.6. The summed E-state index contributed by atoms with van der Waals surface area (Å²) in [4.78, 5) is 10.7. The van der Waals surface area contributed by atoms with Crippen LogP contribution in [-0.4, -0.2) is 30.7 Å². The molecule has 2 aromatic rings. The van der Waals surface area contributed by atoms with E-state index in [2.05, 4.69) is 0 Å². The fourth-order valence-corrected chi connectivity index (χ4v) is 4.40. The number of nitro groups is 1. The van der Waals surface area contributed by atoms with E-state index in [1.54, 1.807) is 24.3 Å². The van der Waals surface area contributed by atoms with Crippen LogP contribution in [-0.2, 0) is 16.4 Å². The zero-order valence-corrected chi connectivity index (χ0v) is 15.2. The minimum atomic E-state index is -3.75. The highest BCUT2D eigenvalue weighted by Gasteiger charge is 2.29. The van der Waals surface area contributed by atoms with Crippen molar-refractivity contribution < 1.29 is 18.1 Å². The summed E-state index contributed by atoms with van der Waals surface area (Å²) in [6.07, 6.45) is 1.82. The summed E-state index contributed by atoms with van der Waals surface area (Å²) >= 11 is 0. The summed E-state index contributed by atoms with van der Waals surface area (Å²) in [5, 5.41) is 20.1. The van der Waals surface area contributed by atoms with E-state index in [-0.39, 0.29) is 17.1 Å². The molecule has 0 saturated carbocycles. The molecule has 0 bridgehead atoms. The Kier molecular flexibility index (Phi) is 5.39. The van der Waals surface area contributed by atoms with Crippen molar-refractivity contribution in [1.29, 1.82) is 5.26 Å². The monoisotopic (exact) mass is 387 g/mol. The van der Waals surface area contributed by atoms with Crippen LogP contribution >= 0.6 is 0 Å². The first-order valence-corrected chi connectivity index (χ1v) is 9.78. The van der Waals surface area contributed by atoms with Gasteiger partial charge in [-0.05, 0) is 42.7 Å². The van der Waals surface area contributed by atoms with Gasteiger partial charge in [0.25, 0.3) is 0 Å². The zero-order chi connectivity index (χ0) is 19.4. The van der Waals surface area contributed by atoms with Gasteiger partial charge < -0.3 is 4.74 Å². The standard InChI is InChI=1S/C18H17N3O5S/c19-10-9-14-3-5-15(6-4-14)26-18-8-7-16(13-17(18)21(22)23)27(24,25)20-11-1-2-12-20/h3-8,13H,1-2,9,11-12H2. The van der Waals surface area contributed by atoms with E-state index in [0.717, 1.165) is 24.5 Å². The smallest absolute Gasteiger partial charge is 0.312 e. The second-order valence-electron chi connectivity index (χ2n) is 6.08. The fourth-order valence-electron chi connectivity index (χ4n) is 2.86. The maximum absolute atomic E-state index is 12.6. The minimum absolute atomic E-state index is 0.0478. The summed E-state index contributed by atoms with van der Waals surface area (Å²) in [7, 11) is -3.75. The van der Waals surface area contributed by atoms with Gasteiger partial charge in [-0.15, -0.1) is 0 Å². The van der Waals surface area contributed by atoms with E-state index in [9.17, 15) is 18.5 Å². The number of ether oxygens (including phenoxy) is 1. The van der Waals surface area contributed by atoms with E-state index >= 15 is 0 Å². The Morgan fingerprint density at radius 1 is 1.15 bits per heavy atom. The molecule has 1 aliphatic rings. The highest BCUT2D eigenvalue weighted by Crippen LogP contribution is 2.34. The lowest BCUT2D eigenvalue weighted by molar-refractivity contribution is -0.385. The van der Waals surface area contributed by atoms with Crippen LogP contribution in [0.25, 0.3) is 0 Å². The second-order valence-corrected chi connectivity index (χ2v) is 8.02. The van der Waals surface area contributed by atoms with Crippen LogP contribution in [0.4, 0.5) is 5.69 Å². The van der Waals surface area contributed by atoms with Gasteiger partial charge in [-0.25, -0.2) is 8.42 Å². The van der Waals surface area contributed by atoms with Gasteiger partial charge in [0.05, 0.1) is 22.3 Å². The lowest BCUT2D eigenvalue weighted by atomic mass is 10.2. The van der Waals surface area contributed by atoms with Crippen molar-refractivity contribution in [3.05, 3.63) is 58.1 Å². The van der Waals surface area contributed by atoms with Crippen LogP contribution in [0.2, 0.25) is 0 Å². The molecule has 0 N–H and O–H groups in total. The van der Waals surface area contributed by atoms with Gasteiger partial charge in [0.2, 0.25) is 15.8 Å². The van der Waals surface area contributed by atoms with Gasteiger partial charge in [-0.2, -0.15) is 9.57 Å². The Morgan fingerprint density at radius 3 is 2.41 bits per heavy atom. The Morgan fingerprint density at radius 2 is 1.81 bits per heavy atom. The molecule has 0 aromatic heterocycles. The summed E-state index contributed by atoms with van der Waals surface area (Å²) in [5.74, 6) is 0.309.